The zero-order chi connectivity index (χ0) is 37.8. The summed E-state index contributed by atoms with van der Waals surface area (Å²) in [4.78, 5) is 0. The van der Waals surface area contributed by atoms with Gasteiger partial charge in [-0.3, -0.25) is 0 Å². The van der Waals surface area contributed by atoms with Gasteiger partial charge in [0.1, 0.15) is 0 Å². The van der Waals surface area contributed by atoms with Gasteiger partial charge in [0, 0.05) is 27.2 Å². The number of hydrogen-bond acceptors (Lipinski definition) is 0. The predicted octanol–water partition coefficient (Wildman–Crippen LogP) is 10.9. The second kappa shape index (κ2) is 13.5. The van der Waals surface area contributed by atoms with Crippen LogP contribution in [0, 0.1) is 0 Å². The molecule has 11 aromatic rings. The highest BCUT2D eigenvalue weighted by atomic mass is 28.3. The highest BCUT2D eigenvalue weighted by Crippen LogP contribution is 2.39. The molecule has 0 radical (unpaired) electrons. The second-order valence-corrected chi connectivity index (χ2v) is 18.7. The van der Waals surface area contributed by atoms with E-state index >= 15 is 0 Å². The average Bonchev–Trinajstić information content (AvgIpc) is 3.81. The molecule has 2 nitrogen and oxygen atoms in total. The highest BCUT2D eigenvalue weighted by Gasteiger charge is 2.41. The molecule has 0 saturated heterocycles. The van der Waals surface area contributed by atoms with Crippen LogP contribution in [0.25, 0.3) is 66.1 Å². The number of aromatic nitrogens is 2. The summed E-state index contributed by atoms with van der Waals surface area (Å²) < 4.78 is 4.96. The van der Waals surface area contributed by atoms with E-state index in [2.05, 4.69) is 240 Å². The highest BCUT2D eigenvalue weighted by molar-refractivity contribution is 7.20. The Morgan fingerprint density at radius 3 is 1.33 bits per heavy atom. The van der Waals surface area contributed by atoms with E-state index in [1.54, 1.807) is 0 Å². The molecular formula is C54H38N2Si. The smallest absolute Gasteiger partial charge is 0.179 e. The first-order valence-electron chi connectivity index (χ1n) is 19.7. The summed E-state index contributed by atoms with van der Waals surface area (Å²) in [6, 6.07) is 85.2. The van der Waals surface area contributed by atoms with Crippen molar-refractivity contribution < 1.29 is 0 Å². The first-order valence-corrected chi connectivity index (χ1v) is 21.7. The molecule has 3 heteroatoms. The van der Waals surface area contributed by atoms with Gasteiger partial charge >= 0.3 is 0 Å². The standard InChI is InChI=1S/C54H38N2Si/c1-5-18-39(19-6-1)40-32-34-41(35-33-40)55-50-29-15-13-26-46(50)48-28-17-31-53(54(48)55)56-51-30-16-14-27-47(51)49-38-45(36-37-52(49)56)57(42-20-7-2-8-21-42,43-22-9-3-10-23-43)44-24-11-4-12-25-44/h1-38H. The molecule has 0 aliphatic rings. The summed E-state index contributed by atoms with van der Waals surface area (Å²) in [7, 11) is -2.74. The quantitative estimate of drug-likeness (QED) is 0.114. The zero-order valence-electron chi connectivity index (χ0n) is 31.3. The Hall–Kier alpha value is -7.20. The molecule has 0 bridgehead atoms. The predicted molar refractivity (Wildman–Crippen MR) is 244 cm³/mol. The molecule has 0 atom stereocenters. The van der Waals surface area contributed by atoms with Crippen LogP contribution in [0.3, 0.4) is 0 Å². The fourth-order valence-corrected chi connectivity index (χ4v) is 14.2. The second-order valence-electron chi connectivity index (χ2n) is 14.9. The molecule has 0 saturated carbocycles. The number of benzene rings is 9. The maximum atomic E-state index is 2.52. The molecule has 9 aromatic carbocycles. The minimum absolute atomic E-state index is 1.14. The van der Waals surface area contributed by atoms with E-state index in [1.165, 1.54) is 75.5 Å². The number of nitrogens with zero attached hydrogens (tertiary/aromatic N) is 2. The summed E-state index contributed by atoms with van der Waals surface area (Å²) in [6.45, 7) is 0. The van der Waals surface area contributed by atoms with E-state index in [-0.39, 0.29) is 0 Å². The van der Waals surface area contributed by atoms with Crippen molar-refractivity contribution in [3.05, 3.63) is 231 Å². The number of rotatable bonds is 7. The van der Waals surface area contributed by atoms with Gasteiger partial charge in [-0.1, -0.05) is 194 Å². The van der Waals surface area contributed by atoms with Gasteiger partial charge in [0.15, 0.2) is 8.07 Å². The van der Waals surface area contributed by atoms with Crippen molar-refractivity contribution in [2.75, 3.05) is 0 Å². The monoisotopic (exact) mass is 742 g/mol. The van der Waals surface area contributed by atoms with Gasteiger partial charge in [-0.05, 0) is 68.3 Å². The maximum absolute atomic E-state index is 2.74. The Morgan fingerprint density at radius 2 is 0.737 bits per heavy atom. The average molecular weight is 743 g/mol. The van der Waals surface area contributed by atoms with Gasteiger partial charge in [0.25, 0.3) is 0 Å². The summed E-state index contributed by atoms with van der Waals surface area (Å²) in [6.07, 6.45) is 0. The molecule has 0 amide bonds. The Balaban J connectivity index is 1.20. The molecule has 0 fully saturated rings. The van der Waals surface area contributed by atoms with E-state index in [9.17, 15) is 0 Å². The lowest BCUT2D eigenvalue weighted by atomic mass is 10.1. The van der Waals surface area contributed by atoms with E-state index in [1.807, 2.05) is 0 Å². The lowest BCUT2D eigenvalue weighted by Crippen LogP contribution is -2.74. The number of hydrogen-bond donors (Lipinski definition) is 0. The van der Waals surface area contributed by atoms with Crippen molar-refractivity contribution in [1.82, 2.24) is 9.13 Å². The molecule has 0 unspecified atom stereocenters. The first kappa shape index (κ1) is 33.2. The van der Waals surface area contributed by atoms with Crippen LogP contribution in [0.15, 0.2) is 231 Å². The van der Waals surface area contributed by atoms with Crippen molar-refractivity contribution in [3.63, 3.8) is 0 Å². The van der Waals surface area contributed by atoms with E-state index in [4.69, 9.17) is 0 Å². The largest absolute Gasteiger partial charge is 0.307 e. The molecule has 0 spiro atoms. The third-order valence-corrected chi connectivity index (χ3v) is 16.6. The fraction of sp³-hybridized carbons (Fsp3) is 0. The van der Waals surface area contributed by atoms with E-state index in [0.717, 1.165) is 11.4 Å². The van der Waals surface area contributed by atoms with Crippen molar-refractivity contribution in [2.45, 2.75) is 0 Å². The van der Waals surface area contributed by atoms with Crippen molar-refractivity contribution >= 4 is 72.4 Å². The van der Waals surface area contributed by atoms with Crippen molar-refractivity contribution in [2.24, 2.45) is 0 Å². The topological polar surface area (TPSA) is 9.86 Å². The summed E-state index contributed by atoms with van der Waals surface area (Å²) in [5, 5.41) is 10.5. The van der Waals surface area contributed by atoms with Gasteiger partial charge in [0.2, 0.25) is 0 Å². The van der Waals surface area contributed by atoms with Gasteiger partial charge in [-0.2, -0.15) is 0 Å². The molecule has 11 rings (SSSR count). The third-order valence-electron chi connectivity index (χ3n) is 11.9. The molecule has 2 aromatic heterocycles. The van der Waals surface area contributed by atoms with Crippen LogP contribution in [0.2, 0.25) is 0 Å². The van der Waals surface area contributed by atoms with Crippen molar-refractivity contribution in [1.29, 1.82) is 0 Å². The zero-order valence-corrected chi connectivity index (χ0v) is 32.3. The van der Waals surface area contributed by atoms with Gasteiger partial charge in [-0.15, -0.1) is 0 Å². The summed E-state index contributed by atoms with van der Waals surface area (Å²) in [5.74, 6) is 0. The molecule has 0 aliphatic carbocycles. The number of fused-ring (bicyclic) bond motifs is 6. The van der Waals surface area contributed by atoms with Crippen LogP contribution in [0.1, 0.15) is 0 Å². The SMILES string of the molecule is c1ccc(-c2ccc(-n3c4ccccc4c4cccc(-n5c6ccccc6c6cc([Si](c7ccccc7)(c7ccccc7)c7ccccc7)ccc65)c43)cc2)cc1. The first-order chi connectivity index (χ1) is 28.3. The van der Waals surface area contributed by atoms with Crippen LogP contribution in [-0.4, -0.2) is 17.2 Å². The van der Waals surface area contributed by atoms with Crippen LogP contribution in [-0.2, 0) is 0 Å². The van der Waals surface area contributed by atoms with Gasteiger partial charge in [-0.25, -0.2) is 0 Å². The van der Waals surface area contributed by atoms with E-state index < -0.39 is 8.07 Å². The minimum atomic E-state index is -2.74. The van der Waals surface area contributed by atoms with Crippen molar-refractivity contribution in [3.8, 4) is 22.5 Å². The van der Waals surface area contributed by atoms with E-state index in [0.29, 0.717) is 0 Å². The third kappa shape index (κ3) is 5.17. The maximum Gasteiger partial charge on any atom is 0.179 e. The van der Waals surface area contributed by atoms with Gasteiger partial charge in [0.05, 0.1) is 27.8 Å². The summed E-state index contributed by atoms with van der Waals surface area (Å²) >= 11 is 0. The fourth-order valence-electron chi connectivity index (χ4n) is 9.41. The molecule has 57 heavy (non-hydrogen) atoms. The lowest BCUT2D eigenvalue weighted by molar-refractivity contribution is 1.13. The van der Waals surface area contributed by atoms with Crippen LogP contribution < -0.4 is 20.7 Å². The molecule has 268 valence electrons. The van der Waals surface area contributed by atoms with Gasteiger partial charge < -0.3 is 9.13 Å². The Kier molecular flexibility index (Phi) is 7.87. The number of para-hydroxylation sites is 3. The molecular weight excluding hydrogens is 705 g/mol. The summed E-state index contributed by atoms with van der Waals surface area (Å²) in [5.41, 5.74) is 9.50. The van der Waals surface area contributed by atoms with Crippen LogP contribution in [0.4, 0.5) is 0 Å². The minimum Gasteiger partial charge on any atom is -0.307 e. The van der Waals surface area contributed by atoms with Crippen LogP contribution in [0.5, 0.6) is 0 Å². The normalized spacial score (nSPS) is 11.9. The molecule has 0 aliphatic heterocycles. The molecule has 2 heterocycles. The Morgan fingerprint density at radius 1 is 0.281 bits per heavy atom. The molecule has 0 N–H and O–H groups in total. The lowest BCUT2D eigenvalue weighted by Gasteiger charge is -2.34. The Labute approximate surface area is 333 Å². The Bertz CT molecular complexity index is 3100. The van der Waals surface area contributed by atoms with Crippen LogP contribution >= 0.6 is 0 Å².